The molecular weight excluding hydrogens is 378 g/mol. The summed E-state index contributed by atoms with van der Waals surface area (Å²) in [5, 5.41) is 8.88. The lowest BCUT2D eigenvalue weighted by Gasteiger charge is -2.12. The molecule has 2 aromatic heterocycles. The van der Waals surface area contributed by atoms with E-state index in [1.165, 1.54) is 6.20 Å². The Kier molecular flexibility index (Phi) is 4.11. The smallest absolute Gasteiger partial charge is 0.266 e. The second-order valence-electron chi connectivity index (χ2n) is 7.05. The molecular formula is C23H15N5O2. The first-order valence-electron chi connectivity index (χ1n) is 9.45. The van der Waals surface area contributed by atoms with Crippen LogP contribution in [0.3, 0.4) is 0 Å². The Balaban J connectivity index is 1.39. The first-order valence-corrected chi connectivity index (χ1v) is 9.45. The minimum atomic E-state index is -0.350. The van der Waals surface area contributed by atoms with Crippen molar-refractivity contribution in [3.05, 3.63) is 88.9 Å². The summed E-state index contributed by atoms with van der Waals surface area (Å²) in [4.78, 5) is 38.6. The van der Waals surface area contributed by atoms with E-state index in [-0.39, 0.29) is 11.8 Å². The zero-order valence-electron chi connectivity index (χ0n) is 15.8. The van der Waals surface area contributed by atoms with Gasteiger partial charge in [-0.3, -0.25) is 9.59 Å². The number of rotatable bonds is 4. The highest BCUT2D eigenvalue weighted by Crippen LogP contribution is 2.29. The molecule has 0 radical (unpaired) electrons. The van der Waals surface area contributed by atoms with Gasteiger partial charge in [0.15, 0.2) is 5.65 Å². The standard InChI is InChI=1S/C23H15N5O2/c24-12-15-7-5-14(6-8-15)9-10-20-26-19-11-16(13-25-21(19)27-20)28-22(29)17-3-1-2-4-18(17)23(28)30/h1-8,11,13H,9-10H2,(H,25,26,27). The Morgan fingerprint density at radius 3 is 2.33 bits per heavy atom. The summed E-state index contributed by atoms with van der Waals surface area (Å²) < 4.78 is 0. The van der Waals surface area contributed by atoms with Crippen molar-refractivity contribution in [2.75, 3.05) is 4.90 Å². The lowest BCUT2D eigenvalue weighted by Crippen LogP contribution is -2.29. The number of anilines is 1. The van der Waals surface area contributed by atoms with Crippen molar-refractivity contribution in [1.82, 2.24) is 15.0 Å². The van der Waals surface area contributed by atoms with Crippen LogP contribution < -0.4 is 4.90 Å². The molecule has 0 atom stereocenters. The minimum absolute atomic E-state index is 0.350. The van der Waals surface area contributed by atoms with Crippen LogP contribution >= 0.6 is 0 Å². The highest BCUT2D eigenvalue weighted by molar-refractivity contribution is 6.34. The van der Waals surface area contributed by atoms with Crippen LogP contribution in [0.25, 0.3) is 11.2 Å². The quantitative estimate of drug-likeness (QED) is 0.535. The number of nitrogens with zero attached hydrogens (tertiary/aromatic N) is 4. The normalized spacial score (nSPS) is 13.0. The zero-order chi connectivity index (χ0) is 20.7. The SMILES string of the molecule is N#Cc1ccc(CCc2nc3ncc(N4C(=O)c5ccccc5C4=O)cc3[nH]2)cc1. The second kappa shape index (κ2) is 6.94. The van der Waals surface area contributed by atoms with Gasteiger partial charge in [0.1, 0.15) is 5.82 Å². The van der Waals surface area contributed by atoms with Crippen molar-refractivity contribution in [3.63, 3.8) is 0 Å². The molecule has 0 bridgehead atoms. The third-order valence-corrected chi connectivity index (χ3v) is 5.16. The molecule has 0 saturated heterocycles. The minimum Gasteiger partial charge on any atom is -0.341 e. The highest BCUT2D eigenvalue weighted by atomic mass is 16.2. The van der Waals surface area contributed by atoms with Gasteiger partial charge < -0.3 is 4.98 Å². The van der Waals surface area contributed by atoms with Gasteiger partial charge in [0.25, 0.3) is 11.8 Å². The van der Waals surface area contributed by atoms with Crippen molar-refractivity contribution in [2.24, 2.45) is 0 Å². The maximum Gasteiger partial charge on any atom is 0.266 e. The largest absolute Gasteiger partial charge is 0.341 e. The first kappa shape index (κ1) is 17.8. The fourth-order valence-corrected chi connectivity index (χ4v) is 3.61. The number of fused-ring (bicyclic) bond motifs is 2. The van der Waals surface area contributed by atoms with Crippen molar-refractivity contribution in [1.29, 1.82) is 5.26 Å². The summed E-state index contributed by atoms with van der Waals surface area (Å²) in [6, 6.07) is 18.1. The molecule has 2 aromatic carbocycles. The molecule has 1 aliphatic rings. The first-order chi connectivity index (χ1) is 14.6. The maximum absolute atomic E-state index is 12.7. The lowest BCUT2D eigenvalue weighted by atomic mass is 10.1. The van der Waals surface area contributed by atoms with Gasteiger partial charge in [0.2, 0.25) is 0 Å². The molecule has 0 unspecified atom stereocenters. The van der Waals surface area contributed by atoms with Crippen LogP contribution in [-0.2, 0) is 12.8 Å². The summed E-state index contributed by atoms with van der Waals surface area (Å²) in [6.45, 7) is 0. The summed E-state index contributed by atoms with van der Waals surface area (Å²) >= 11 is 0. The molecule has 0 fully saturated rings. The molecule has 1 N–H and O–H groups in total. The van der Waals surface area contributed by atoms with E-state index < -0.39 is 0 Å². The predicted molar refractivity (Wildman–Crippen MR) is 110 cm³/mol. The number of nitrogens with one attached hydrogen (secondary N) is 1. The average Bonchev–Trinajstić information content (AvgIpc) is 3.30. The molecule has 30 heavy (non-hydrogen) atoms. The van der Waals surface area contributed by atoms with Crippen LogP contribution in [0.4, 0.5) is 5.69 Å². The number of hydrogen-bond donors (Lipinski definition) is 1. The Morgan fingerprint density at radius 2 is 1.67 bits per heavy atom. The number of aromatic nitrogens is 3. The monoisotopic (exact) mass is 393 g/mol. The van der Waals surface area contributed by atoms with Gasteiger partial charge in [0.05, 0.1) is 40.2 Å². The van der Waals surface area contributed by atoms with Crippen LogP contribution in [0.15, 0.2) is 60.8 Å². The molecule has 5 rings (SSSR count). The van der Waals surface area contributed by atoms with Gasteiger partial charge in [-0.1, -0.05) is 24.3 Å². The number of carbonyl (C=O) groups excluding carboxylic acids is 2. The van der Waals surface area contributed by atoms with Crippen molar-refractivity contribution in [3.8, 4) is 6.07 Å². The number of H-pyrrole nitrogens is 1. The number of aryl methyl sites for hydroxylation is 2. The summed E-state index contributed by atoms with van der Waals surface area (Å²) in [5.41, 5.74) is 4.15. The molecule has 2 amide bonds. The van der Waals surface area contributed by atoms with E-state index in [1.54, 1.807) is 42.5 Å². The van der Waals surface area contributed by atoms with Crippen LogP contribution in [0.5, 0.6) is 0 Å². The average molecular weight is 393 g/mol. The Labute approximate surface area is 171 Å². The predicted octanol–water partition coefficient (Wildman–Crippen LogP) is 3.42. The topological polar surface area (TPSA) is 103 Å². The van der Waals surface area contributed by atoms with Gasteiger partial charge in [0, 0.05) is 6.42 Å². The lowest BCUT2D eigenvalue weighted by molar-refractivity contribution is 0.0926. The van der Waals surface area contributed by atoms with Crippen LogP contribution in [0, 0.1) is 11.3 Å². The number of aromatic amines is 1. The van der Waals surface area contributed by atoms with Crippen molar-refractivity contribution < 1.29 is 9.59 Å². The maximum atomic E-state index is 12.7. The van der Waals surface area contributed by atoms with E-state index in [0.29, 0.717) is 40.0 Å². The van der Waals surface area contributed by atoms with Crippen LogP contribution in [-0.4, -0.2) is 26.8 Å². The number of imidazole rings is 1. The summed E-state index contributed by atoms with van der Waals surface area (Å²) in [5.74, 6) is 0.0657. The van der Waals surface area contributed by atoms with E-state index in [4.69, 9.17) is 5.26 Å². The Bertz CT molecular complexity index is 1310. The number of nitriles is 1. The van der Waals surface area contributed by atoms with E-state index in [2.05, 4.69) is 21.0 Å². The van der Waals surface area contributed by atoms with Gasteiger partial charge in [-0.05, 0) is 42.3 Å². The van der Waals surface area contributed by atoms with E-state index in [1.807, 2.05) is 12.1 Å². The fraction of sp³-hybridized carbons (Fsp3) is 0.0870. The van der Waals surface area contributed by atoms with Crippen molar-refractivity contribution in [2.45, 2.75) is 12.8 Å². The molecule has 3 heterocycles. The molecule has 144 valence electrons. The van der Waals surface area contributed by atoms with Crippen LogP contribution in [0.1, 0.15) is 37.7 Å². The van der Waals surface area contributed by atoms with E-state index in [9.17, 15) is 9.59 Å². The molecule has 4 aromatic rings. The van der Waals surface area contributed by atoms with E-state index in [0.717, 1.165) is 22.7 Å². The van der Waals surface area contributed by atoms with Gasteiger partial charge >= 0.3 is 0 Å². The number of benzene rings is 2. The number of hydrogen-bond acceptors (Lipinski definition) is 5. The molecule has 0 saturated carbocycles. The summed E-state index contributed by atoms with van der Waals surface area (Å²) in [7, 11) is 0. The van der Waals surface area contributed by atoms with Gasteiger partial charge in [-0.25, -0.2) is 14.9 Å². The van der Waals surface area contributed by atoms with Gasteiger partial charge in [-0.15, -0.1) is 0 Å². The fourth-order valence-electron chi connectivity index (χ4n) is 3.61. The van der Waals surface area contributed by atoms with E-state index >= 15 is 0 Å². The number of amides is 2. The third kappa shape index (κ3) is 2.91. The molecule has 1 aliphatic heterocycles. The molecule has 7 heteroatoms. The number of pyridine rings is 1. The number of imide groups is 1. The van der Waals surface area contributed by atoms with Gasteiger partial charge in [-0.2, -0.15) is 5.26 Å². The second-order valence-corrected chi connectivity index (χ2v) is 7.05. The summed E-state index contributed by atoms with van der Waals surface area (Å²) in [6.07, 6.45) is 2.93. The Hall–Kier alpha value is -4.31. The van der Waals surface area contributed by atoms with Crippen molar-refractivity contribution >= 4 is 28.7 Å². The molecule has 0 spiro atoms. The molecule has 7 nitrogen and oxygen atoms in total. The highest BCUT2D eigenvalue weighted by Gasteiger charge is 2.36. The third-order valence-electron chi connectivity index (χ3n) is 5.16. The molecule has 0 aliphatic carbocycles. The zero-order valence-corrected chi connectivity index (χ0v) is 15.8. The van der Waals surface area contributed by atoms with Crippen LogP contribution in [0.2, 0.25) is 0 Å². The number of carbonyl (C=O) groups is 2. The Morgan fingerprint density at radius 1 is 0.967 bits per heavy atom.